The number of nitrogens with one attached hydrogen (secondary N) is 1. The van der Waals surface area contributed by atoms with Crippen molar-refractivity contribution >= 4 is 0 Å². The van der Waals surface area contributed by atoms with Gasteiger partial charge in [-0.3, -0.25) is 0 Å². The van der Waals surface area contributed by atoms with Crippen molar-refractivity contribution in [2.45, 2.75) is 61.3 Å². The van der Waals surface area contributed by atoms with Crippen LogP contribution >= 0.6 is 0 Å². The first kappa shape index (κ1) is 20.9. The average molecular weight is 369 g/mol. The van der Waals surface area contributed by atoms with Gasteiger partial charge in [0, 0.05) is 20.8 Å². The summed E-state index contributed by atoms with van der Waals surface area (Å²) < 4.78 is 20.8. The summed E-state index contributed by atoms with van der Waals surface area (Å²) in [5, 5.41) is 61.8. The van der Waals surface area contributed by atoms with Gasteiger partial charge < -0.3 is 54.9 Å². The predicted molar refractivity (Wildman–Crippen MR) is 80.3 cm³/mol. The van der Waals surface area contributed by atoms with Gasteiger partial charge in [0.15, 0.2) is 12.6 Å². The lowest BCUT2D eigenvalue weighted by molar-refractivity contribution is -0.292. The van der Waals surface area contributed by atoms with Crippen LogP contribution < -0.4 is 5.32 Å². The predicted octanol–water partition coefficient (Wildman–Crippen LogP) is -4.52. The second-order valence-electron chi connectivity index (χ2n) is 6.13. The highest BCUT2D eigenvalue weighted by molar-refractivity contribution is 4.96. The van der Waals surface area contributed by atoms with E-state index >= 15 is 0 Å². The van der Waals surface area contributed by atoms with E-state index < -0.39 is 68.0 Å². The molecule has 0 radical (unpaired) electrons. The monoisotopic (exact) mass is 369 g/mol. The van der Waals surface area contributed by atoms with Gasteiger partial charge in [-0.1, -0.05) is 0 Å². The second-order valence-corrected chi connectivity index (χ2v) is 6.13. The third kappa shape index (κ3) is 4.28. The molecule has 2 fully saturated rings. The molecule has 148 valence electrons. The zero-order chi connectivity index (χ0) is 18.7. The number of hydrogen-bond donors (Lipinski definition) is 7. The van der Waals surface area contributed by atoms with Crippen molar-refractivity contribution in [3.63, 3.8) is 0 Å². The largest absolute Gasteiger partial charge is 0.394 e. The van der Waals surface area contributed by atoms with Crippen LogP contribution in [0, 0.1) is 0 Å². The Hall–Kier alpha value is -0.440. The minimum atomic E-state index is -1.47. The lowest BCUT2D eigenvalue weighted by Crippen LogP contribution is -2.66. The molecule has 2 saturated heterocycles. The smallest absolute Gasteiger partial charge is 0.186 e. The van der Waals surface area contributed by atoms with Crippen LogP contribution in [0.25, 0.3) is 0 Å². The Morgan fingerprint density at radius 1 is 0.760 bits per heavy atom. The van der Waals surface area contributed by atoms with Gasteiger partial charge in [0.25, 0.3) is 0 Å². The summed E-state index contributed by atoms with van der Waals surface area (Å²) >= 11 is 0. The molecule has 0 aliphatic carbocycles. The molecule has 0 aromatic heterocycles. The van der Waals surface area contributed by atoms with E-state index in [1.54, 1.807) is 0 Å². The Labute approximate surface area is 144 Å². The fourth-order valence-corrected chi connectivity index (χ4v) is 3.03. The first-order chi connectivity index (χ1) is 11.8. The SMILES string of the molecule is CO[C@H]1O[C@H](CN[C@@H]2[C@@H](OC)O[C@H](CO)[C@@H](O)[C@H]2O)[C@@H](O)[C@H](O)[C@@H]1O. The Kier molecular flexibility index (Phi) is 7.49. The van der Waals surface area contributed by atoms with Crippen LogP contribution in [-0.2, 0) is 18.9 Å². The molecule has 0 aromatic rings. The van der Waals surface area contributed by atoms with E-state index in [9.17, 15) is 25.5 Å². The van der Waals surface area contributed by atoms with Gasteiger partial charge in [0.1, 0.15) is 42.7 Å². The highest BCUT2D eigenvalue weighted by atomic mass is 16.7. The topological polar surface area (TPSA) is 170 Å². The maximum Gasteiger partial charge on any atom is 0.186 e. The summed E-state index contributed by atoms with van der Waals surface area (Å²) in [6.45, 7) is -0.554. The zero-order valence-corrected chi connectivity index (χ0v) is 14.0. The lowest BCUT2D eigenvalue weighted by atomic mass is 9.95. The third-order valence-corrected chi connectivity index (χ3v) is 4.57. The fraction of sp³-hybridized carbons (Fsp3) is 1.00. The van der Waals surface area contributed by atoms with E-state index in [-0.39, 0.29) is 6.54 Å². The van der Waals surface area contributed by atoms with Crippen molar-refractivity contribution in [2.75, 3.05) is 27.4 Å². The van der Waals surface area contributed by atoms with Crippen molar-refractivity contribution < 1.29 is 49.6 Å². The molecular weight excluding hydrogens is 342 g/mol. The van der Waals surface area contributed by atoms with Crippen LogP contribution in [-0.4, -0.2) is 119 Å². The summed E-state index contributed by atoms with van der Waals surface area (Å²) in [5.41, 5.74) is 0. The molecule has 2 rings (SSSR count). The summed E-state index contributed by atoms with van der Waals surface area (Å²) in [7, 11) is 2.62. The van der Waals surface area contributed by atoms with Gasteiger partial charge in [-0.05, 0) is 0 Å². The van der Waals surface area contributed by atoms with E-state index in [1.165, 1.54) is 14.2 Å². The molecule has 11 heteroatoms. The molecule has 0 saturated carbocycles. The van der Waals surface area contributed by atoms with E-state index in [0.717, 1.165) is 0 Å². The first-order valence-electron chi connectivity index (χ1n) is 7.96. The van der Waals surface area contributed by atoms with Crippen molar-refractivity contribution in [1.82, 2.24) is 5.32 Å². The molecule has 11 nitrogen and oxygen atoms in total. The highest BCUT2D eigenvalue weighted by Gasteiger charge is 2.47. The van der Waals surface area contributed by atoms with Crippen molar-refractivity contribution in [3.8, 4) is 0 Å². The maximum absolute atomic E-state index is 10.2. The number of methoxy groups -OCH3 is 2. The second kappa shape index (κ2) is 8.97. The summed E-state index contributed by atoms with van der Waals surface area (Å²) in [4.78, 5) is 0. The Morgan fingerprint density at radius 3 is 1.88 bits per heavy atom. The van der Waals surface area contributed by atoms with Crippen LogP contribution in [0.1, 0.15) is 0 Å². The number of rotatable bonds is 6. The lowest BCUT2D eigenvalue weighted by Gasteiger charge is -2.44. The number of hydrogen-bond acceptors (Lipinski definition) is 11. The molecule has 2 aliphatic heterocycles. The van der Waals surface area contributed by atoms with Gasteiger partial charge >= 0.3 is 0 Å². The Bertz CT molecular complexity index is 411. The van der Waals surface area contributed by atoms with Gasteiger partial charge in [0.2, 0.25) is 0 Å². The van der Waals surface area contributed by atoms with E-state index in [0.29, 0.717) is 0 Å². The van der Waals surface area contributed by atoms with E-state index in [4.69, 9.17) is 24.1 Å². The van der Waals surface area contributed by atoms with Crippen LogP contribution in [0.5, 0.6) is 0 Å². The van der Waals surface area contributed by atoms with Crippen molar-refractivity contribution in [2.24, 2.45) is 0 Å². The molecule has 25 heavy (non-hydrogen) atoms. The van der Waals surface area contributed by atoms with Gasteiger partial charge in [-0.15, -0.1) is 0 Å². The molecule has 0 aromatic carbocycles. The highest BCUT2D eigenvalue weighted by Crippen LogP contribution is 2.24. The minimum absolute atomic E-state index is 0.0632. The van der Waals surface area contributed by atoms with Gasteiger partial charge in [0.05, 0.1) is 12.6 Å². The molecule has 0 amide bonds. The summed E-state index contributed by atoms with van der Waals surface area (Å²) in [6, 6.07) is -0.886. The van der Waals surface area contributed by atoms with Crippen LogP contribution in [0.15, 0.2) is 0 Å². The third-order valence-electron chi connectivity index (χ3n) is 4.57. The van der Waals surface area contributed by atoms with Crippen LogP contribution in [0.4, 0.5) is 0 Å². The number of aliphatic hydroxyl groups excluding tert-OH is 6. The Balaban J connectivity index is 2.00. The van der Waals surface area contributed by atoms with Gasteiger partial charge in [-0.2, -0.15) is 0 Å². The molecule has 0 bridgehead atoms. The van der Waals surface area contributed by atoms with E-state index in [2.05, 4.69) is 5.32 Å². The molecular formula is C14H27NO10. The summed E-state index contributed by atoms with van der Waals surface area (Å²) in [5.74, 6) is 0. The molecule has 10 atom stereocenters. The Morgan fingerprint density at radius 2 is 1.32 bits per heavy atom. The van der Waals surface area contributed by atoms with Crippen molar-refractivity contribution in [3.05, 3.63) is 0 Å². The standard InChI is InChI=1S/C14H27NO10/c1-22-13-7(10(19)9(18)6(4-16)25-13)15-3-5-8(17)11(20)12(21)14(23-2)24-5/h5-21H,3-4H2,1-2H3/t5-,6-,7+,8-,9-,10+,11+,12+,13+,14+/m1/s1. The number of aliphatic hydroxyl groups is 6. The molecule has 0 unspecified atom stereocenters. The fourth-order valence-electron chi connectivity index (χ4n) is 3.03. The quantitative estimate of drug-likeness (QED) is 0.241. The minimum Gasteiger partial charge on any atom is -0.394 e. The average Bonchev–Trinajstić information content (AvgIpc) is 2.62. The normalized spacial score (nSPS) is 48.5. The number of ether oxygens (including phenoxy) is 4. The zero-order valence-electron chi connectivity index (χ0n) is 14.0. The van der Waals surface area contributed by atoms with Gasteiger partial charge in [-0.25, -0.2) is 0 Å². The van der Waals surface area contributed by atoms with Crippen LogP contribution in [0.3, 0.4) is 0 Å². The molecule has 7 N–H and O–H groups in total. The molecule has 0 spiro atoms. The van der Waals surface area contributed by atoms with E-state index in [1.807, 2.05) is 0 Å². The first-order valence-corrected chi connectivity index (χ1v) is 7.96. The molecule has 2 aliphatic rings. The maximum atomic E-state index is 10.2. The summed E-state index contributed by atoms with van der Waals surface area (Å²) in [6.07, 6.45) is -11.0. The van der Waals surface area contributed by atoms with Crippen molar-refractivity contribution in [1.29, 1.82) is 0 Å². The molecule has 2 heterocycles. The van der Waals surface area contributed by atoms with Crippen LogP contribution in [0.2, 0.25) is 0 Å².